The van der Waals surface area contributed by atoms with Gasteiger partial charge in [-0.3, -0.25) is 27.8 Å². The van der Waals surface area contributed by atoms with Crippen molar-refractivity contribution in [2.45, 2.75) is 55.4 Å². The van der Waals surface area contributed by atoms with Crippen LogP contribution in [0.2, 0.25) is 0 Å². The summed E-state index contributed by atoms with van der Waals surface area (Å²) in [6, 6.07) is 49.5. The SMILES string of the molecule is Cc1ccc(N2c3cc(C)c(C)cc3N(c3ccc(C)cc3)P2(=O)c2ccc(P3(=O)N(c4ccc(C)cc4)c4cc(C)c(C)cc4N3c3ccc(C)cc3)cc2)cc1. The molecule has 0 amide bonds. The highest BCUT2D eigenvalue weighted by atomic mass is 31.2. The highest BCUT2D eigenvalue weighted by Gasteiger charge is 2.52. The molecule has 6 nitrogen and oxygen atoms in total. The standard InChI is InChI=1S/C50H48N4O2P2/c1-33-9-17-41(18-10-33)51-47-29-37(5)38(6)30-48(47)52(42-19-11-34(2)12-20-42)57(51,55)45-25-27-46(28-26-45)58(56)53(43-21-13-35(3)14-22-43)49-31-39(7)40(8)32-50(49)54(58)44-23-15-36(4)16-24-44/h9-32H,1-8H3. The van der Waals surface area contributed by atoms with Crippen LogP contribution < -0.4 is 29.3 Å². The molecule has 0 saturated heterocycles. The molecule has 0 aromatic heterocycles. The Morgan fingerprint density at radius 2 is 0.483 bits per heavy atom. The van der Waals surface area contributed by atoms with Crippen LogP contribution in [-0.4, -0.2) is 0 Å². The molecule has 0 spiro atoms. The van der Waals surface area contributed by atoms with Crippen molar-refractivity contribution >= 4 is 71.0 Å². The van der Waals surface area contributed by atoms with E-state index in [1.54, 1.807) is 0 Å². The number of fused-ring (bicyclic) bond motifs is 2. The van der Waals surface area contributed by atoms with Crippen molar-refractivity contribution in [2.24, 2.45) is 0 Å². The summed E-state index contributed by atoms with van der Waals surface area (Å²) in [5, 5.41) is 1.28. The minimum Gasteiger partial charge on any atom is -0.270 e. The van der Waals surface area contributed by atoms with Gasteiger partial charge in [-0.15, -0.1) is 0 Å². The van der Waals surface area contributed by atoms with Crippen molar-refractivity contribution < 1.29 is 9.13 Å². The first-order chi connectivity index (χ1) is 27.8. The first-order valence-corrected chi connectivity index (χ1v) is 23.0. The van der Waals surface area contributed by atoms with Gasteiger partial charge in [0.05, 0.1) is 33.4 Å². The first kappa shape index (κ1) is 37.8. The van der Waals surface area contributed by atoms with E-state index in [-0.39, 0.29) is 0 Å². The van der Waals surface area contributed by atoms with Gasteiger partial charge in [0.25, 0.3) is 0 Å². The minimum absolute atomic E-state index is 0.641. The second-order valence-corrected chi connectivity index (χ2v) is 20.9. The molecule has 2 aliphatic heterocycles. The molecule has 7 aromatic carbocycles. The lowest BCUT2D eigenvalue weighted by Crippen LogP contribution is -2.30. The largest absolute Gasteiger partial charge is 0.301 e. The highest BCUT2D eigenvalue weighted by Crippen LogP contribution is 2.72. The van der Waals surface area contributed by atoms with Crippen LogP contribution in [0.25, 0.3) is 0 Å². The topological polar surface area (TPSA) is 47.1 Å². The van der Waals surface area contributed by atoms with Crippen LogP contribution >= 0.6 is 14.9 Å². The number of benzene rings is 7. The summed E-state index contributed by atoms with van der Waals surface area (Å²) in [5.41, 5.74) is 15.9. The van der Waals surface area contributed by atoms with Crippen molar-refractivity contribution in [1.82, 2.24) is 0 Å². The maximum Gasteiger partial charge on any atom is 0.301 e. The normalized spacial score (nSPS) is 15.2. The first-order valence-electron chi connectivity index (χ1n) is 19.8. The van der Waals surface area contributed by atoms with Crippen molar-refractivity contribution in [2.75, 3.05) is 18.7 Å². The molecule has 0 saturated carbocycles. The Kier molecular flexibility index (Phi) is 9.08. The van der Waals surface area contributed by atoms with Gasteiger partial charge in [-0.25, -0.2) is 0 Å². The maximum absolute atomic E-state index is 16.7. The van der Waals surface area contributed by atoms with Crippen molar-refractivity contribution in [3.63, 3.8) is 0 Å². The molecular weight excluding hydrogens is 751 g/mol. The lowest BCUT2D eigenvalue weighted by atomic mass is 10.1. The Morgan fingerprint density at radius 1 is 0.293 bits per heavy atom. The van der Waals surface area contributed by atoms with Crippen molar-refractivity contribution in [3.05, 3.63) is 190 Å². The second kappa shape index (κ2) is 13.9. The highest BCUT2D eigenvalue weighted by molar-refractivity contribution is 7.76. The third-order valence-corrected chi connectivity index (χ3v) is 17.7. The van der Waals surface area contributed by atoms with Gasteiger partial charge in [0, 0.05) is 22.7 Å². The molecule has 8 heteroatoms. The van der Waals surface area contributed by atoms with Gasteiger partial charge in [0.15, 0.2) is 0 Å². The van der Waals surface area contributed by atoms with Crippen LogP contribution in [0.5, 0.6) is 0 Å². The lowest BCUT2D eigenvalue weighted by molar-refractivity contribution is 0.581. The van der Waals surface area contributed by atoms with E-state index in [0.29, 0.717) is 10.6 Å². The van der Waals surface area contributed by atoms with E-state index in [1.807, 2.05) is 42.9 Å². The minimum atomic E-state index is -3.69. The molecule has 7 aromatic rings. The molecule has 0 fully saturated rings. The van der Waals surface area contributed by atoms with Gasteiger partial charge in [-0.05, 0) is 175 Å². The molecular formula is C50H48N4O2P2. The smallest absolute Gasteiger partial charge is 0.270 e. The van der Waals surface area contributed by atoms with E-state index in [0.717, 1.165) is 90.0 Å². The molecule has 0 bridgehead atoms. The van der Waals surface area contributed by atoms with Crippen LogP contribution in [0.3, 0.4) is 0 Å². The molecule has 0 atom stereocenters. The van der Waals surface area contributed by atoms with Crippen molar-refractivity contribution in [1.29, 1.82) is 0 Å². The Morgan fingerprint density at radius 3 is 0.672 bits per heavy atom. The Labute approximate surface area is 343 Å². The van der Waals surface area contributed by atoms with Crippen LogP contribution in [0.4, 0.5) is 45.5 Å². The zero-order valence-corrected chi connectivity index (χ0v) is 36.1. The fraction of sp³-hybridized carbons (Fsp3) is 0.160. The Balaban J connectivity index is 1.28. The summed E-state index contributed by atoms with van der Waals surface area (Å²) in [6.45, 7) is 16.7. The van der Waals surface area contributed by atoms with Gasteiger partial charge in [0.2, 0.25) is 0 Å². The van der Waals surface area contributed by atoms with Gasteiger partial charge < -0.3 is 0 Å². The monoisotopic (exact) mass is 798 g/mol. The average Bonchev–Trinajstić information content (AvgIpc) is 3.61. The molecule has 2 aliphatic rings. The zero-order valence-electron chi connectivity index (χ0n) is 34.4. The number of rotatable bonds is 6. The Hall–Kier alpha value is -5.80. The Bertz CT molecular complexity index is 2460. The fourth-order valence-corrected chi connectivity index (χ4v) is 14.2. The molecule has 0 aliphatic carbocycles. The molecule has 9 rings (SSSR count). The van der Waals surface area contributed by atoms with E-state index in [1.165, 1.54) is 0 Å². The van der Waals surface area contributed by atoms with Crippen LogP contribution in [0.1, 0.15) is 44.5 Å². The summed E-state index contributed by atoms with van der Waals surface area (Å²) in [7, 11) is -7.38. The molecule has 0 unspecified atom stereocenters. The number of nitrogens with zero attached hydrogens (tertiary/aromatic N) is 4. The quantitative estimate of drug-likeness (QED) is 0.156. The van der Waals surface area contributed by atoms with E-state index >= 15 is 9.13 Å². The molecule has 290 valence electrons. The molecule has 58 heavy (non-hydrogen) atoms. The fourth-order valence-electron chi connectivity index (χ4n) is 8.24. The van der Waals surface area contributed by atoms with Gasteiger partial charge in [-0.2, -0.15) is 0 Å². The van der Waals surface area contributed by atoms with Gasteiger partial charge in [-0.1, -0.05) is 70.8 Å². The number of aryl methyl sites for hydroxylation is 8. The second-order valence-electron chi connectivity index (χ2n) is 16.0. The van der Waals surface area contributed by atoms with Gasteiger partial charge >= 0.3 is 14.9 Å². The number of anilines is 8. The zero-order chi connectivity index (χ0) is 40.7. The van der Waals surface area contributed by atoms with E-state index in [2.05, 4.69) is 177 Å². The average molecular weight is 799 g/mol. The third-order valence-electron chi connectivity index (χ3n) is 11.8. The summed E-state index contributed by atoms with van der Waals surface area (Å²) in [5.74, 6) is 0. The summed E-state index contributed by atoms with van der Waals surface area (Å²) in [6.07, 6.45) is 0. The van der Waals surface area contributed by atoms with Crippen LogP contribution in [0.15, 0.2) is 146 Å². The number of hydrogen-bond donors (Lipinski definition) is 0. The van der Waals surface area contributed by atoms with E-state index < -0.39 is 14.9 Å². The summed E-state index contributed by atoms with van der Waals surface area (Å²) in [4.78, 5) is 0. The molecule has 0 radical (unpaired) electrons. The third kappa shape index (κ3) is 5.84. The van der Waals surface area contributed by atoms with Gasteiger partial charge in [0.1, 0.15) is 0 Å². The summed E-state index contributed by atoms with van der Waals surface area (Å²) >= 11 is 0. The van der Waals surface area contributed by atoms with Crippen molar-refractivity contribution in [3.8, 4) is 0 Å². The predicted octanol–water partition coefficient (Wildman–Crippen LogP) is 13.8. The lowest BCUT2D eigenvalue weighted by Gasteiger charge is -2.35. The number of hydrogen-bond acceptors (Lipinski definition) is 2. The van der Waals surface area contributed by atoms with E-state index in [9.17, 15) is 0 Å². The molecule has 0 N–H and O–H groups in total. The van der Waals surface area contributed by atoms with Crippen LogP contribution in [0, 0.1) is 55.4 Å². The predicted molar refractivity (Wildman–Crippen MR) is 246 cm³/mol. The van der Waals surface area contributed by atoms with E-state index in [4.69, 9.17) is 0 Å². The maximum atomic E-state index is 16.7. The summed E-state index contributed by atoms with van der Waals surface area (Å²) < 4.78 is 41.5. The van der Waals surface area contributed by atoms with Crippen LogP contribution in [-0.2, 0) is 9.13 Å². The molecule has 2 heterocycles.